The first-order chi connectivity index (χ1) is 14.2. The first kappa shape index (κ1) is 19.5. The average Bonchev–Trinajstić information content (AvgIpc) is 3.44. The Labute approximate surface area is 170 Å². The second kappa shape index (κ2) is 9.10. The smallest absolute Gasteiger partial charge is 0.190 e. The molecule has 2 aromatic carbocycles. The number of ketones is 2. The van der Waals surface area contributed by atoms with E-state index in [2.05, 4.69) is 9.98 Å². The van der Waals surface area contributed by atoms with Crippen LogP contribution in [0.3, 0.4) is 0 Å². The van der Waals surface area contributed by atoms with Crippen molar-refractivity contribution >= 4 is 31.9 Å². The van der Waals surface area contributed by atoms with E-state index in [0.29, 0.717) is 57.0 Å². The highest BCUT2D eigenvalue weighted by Gasteiger charge is 2.28. The second-order valence-corrected chi connectivity index (χ2v) is 7.97. The van der Waals surface area contributed by atoms with Crippen LogP contribution in [0, 0.1) is 0 Å². The number of benzene rings is 2. The summed E-state index contributed by atoms with van der Waals surface area (Å²) in [5, 5.41) is 0. The first-order valence-corrected chi connectivity index (χ1v) is 10.9. The summed E-state index contributed by atoms with van der Waals surface area (Å²) in [7, 11) is 0.465. The summed E-state index contributed by atoms with van der Waals surface area (Å²) < 4.78 is 11.2. The average molecular weight is 408 g/mol. The van der Waals surface area contributed by atoms with Crippen LogP contribution in [0.2, 0.25) is 0 Å². The van der Waals surface area contributed by atoms with Gasteiger partial charge in [0.05, 0.1) is 0 Å². The van der Waals surface area contributed by atoms with Crippen LogP contribution >= 0.6 is 8.58 Å². The maximum atomic E-state index is 12.4. The largest absolute Gasteiger partial charge is 0.478 e. The van der Waals surface area contributed by atoms with Gasteiger partial charge in [0, 0.05) is 23.5 Å². The van der Waals surface area contributed by atoms with E-state index in [1.807, 2.05) is 36.4 Å². The Morgan fingerprint density at radius 3 is 1.59 bits per heavy atom. The second-order valence-electron chi connectivity index (χ2n) is 6.76. The number of hydrogen-bond acceptors (Lipinski definition) is 6. The van der Waals surface area contributed by atoms with Crippen molar-refractivity contribution in [1.82, 2.24) is 0 Å². The molecule has 29 heavy (non-hydrogen) atoms. The molecule has 4 rings (SSSR count). The molecule has 0 fully saturated rings. The fourth-order valence-corrected chi connectivity index (χ4v) is 4.11. The van der Waals surface area contributed by atoms with Crippen molar-refractivity contribution in [1.29, 1.82) is 0 Å². The minimum atomic E-state index is -0.467. The monoisotopic (exact) mass is 408 g/mol. The summed E-state index contributed by atoms with van der Waals surface area (Å²) in [5.74, 6) is 1.17. The SMILES string of the molecule is O=C(c1ccccc1)[C@@H]1COC(CPCC2=N[C@@H](C(=O)c3ccccc3)CO2)=N1. The van der Waals surface area contributed by atoms with Crippen molar-refractivity contribution in [2.24, 2.45) is 9.98 Å². The fourth-order valence-electron chi connectivity index (χ4n) is 3.17. The molecule has 148 valence electrons. The lowest BCUT2D eigenvalue weighted by molar-refractivity contribution is 0.0940. The molecule has 0 radical (unpaired) electrons. The van der Waals surface area contributed by atoms with Crippen molar-refractivity contribution in [2.45, 2.75) is 12.1 Å². The molecule has 1 unspecified atom stereocenters. The molecule has 0 saturated carbocycles. The topological polar surface area (TPSA) is 77.3 Å². The lowest BCUT2D eigenvalue weighted by Gasteiger charge is -2.03. The first-order valence-electron chi connectivity index (χ1n) is 9.49. The summed E-state index contributed by atoms with van der Waals surface area (Å²) in [4.78, 5) is 33.7. The Morgan fingerprint density at radius 1 is 0.759 bits per heavy atom. The highest BCUT2D eigenvalue weighted by atomic mass is 31.1. The molecule has 0 N–H and O–H groups in total. The zero-order chi connectivity index (χ0) is 20.1. The predicted molar refractivity (Wildman–Crippen MR) is 114 cm³/mol. The molecular formula is C22H21N2O4P. The number of Topliss-reactive ketones (excluding diaryl/α,β-unsaturated/α-hetero) is 2. The zero-order valence-electron chi connectivity index (χ0n) is 15.8. The van der Waals surface area contributed by atoms with Crippen LogP contribution in [-0.2, 0) is 9.47 Å². The van der Waals surface area contributed by atoms with Crippen LogP contribution in [0.5, 0.6) is 0 Å². The summed E-state index contributed by atoms with van der Waals surface area (Å²) in [5.41, 5.74) is 1.30. The van der Waals surface area contributed by atoms with Gasteiger partial charge < -0.3 is 9.47 Å². The summed E-state index contributed by atoms with van der Waals surface area (Å²) in [6.45, 7) is 0.581. The zero-order valence-corrected chi connectivity index (χ0v) is 16.8. The van der Waals surface area contributed by atoms with Gasteiger partial charge in [-0.3, -0.25) is 9.59 Å². The molecule has 6 nitrogen and oxygen atoms in total. The Kier molecular flexibility index (Phi) is 6.11. The molecule has 7 heteroatoms. The van der Waals surface area contributed by atoms with Crippen LogP contribution in [0.4, 0.5) is 0 Å². The van der Waals surface area contributed by atoms with Gasteiger partial charge in [0.15, 0.2) is 35.4 Å². The third kappa shape index (κ3) is 4.77. The molecule has 0 spiro atoms. The van der Waals surface area contributed by atoms with Crippen molar-refractivity contribution in [3.63, 3.8) is 0 Å². The van der Waals surface area contributed by atoms with E-state index in [1.165, 1.54) is 0 Å². The molecule has 2 aliphatic heterocycles. The van der Waals surface area contributed by atoms with Gasteiger partial charge in [-0.05, 0) is 0 Å². The molecule has 0 aromatic heterocycles. The van der Waals surface area contributed by atoms with Gasteiger partial charge in [-0.1, -0.05) is 60.7 Å². The van der Waals surface area contributed by atoms with E-state index in [4.69, 9.17) is 9.47 Å². The molecule has 3 atom stereocenters. The number of aliphatic imine (C=N–C) groups is 2. The van der Waals surface area contributed by atoms with Crippen LogP contribution in [-0.4, -0.2) is 61.0 Å². The highest BCUT2D eigenvalue weighted by Crippen LogP contribution is 2.20. The van der Waals surface area contributed by atoms with Crippen LogP contribution in [0.25, 0.3) is 0 Å². The Bertz CT molecular complexity index is 866. The minimum absolute atomic E-state index is 0.0188. The van der Waals surface area contributed by atoms with Crippen LogP contribution in [0.15, 0.2) is 70.6 Å². The van der Waals surface area contributed by atoms with Gasteiger partial charge >= 0.3 is 0 Å². The van der Waals surface area contributed by atoms with E-state index in [1.54, 1.807) is 24.3 Å². The molecule has 2 aliphatic rings. The van der Waals surface area contributed by atoms with Crippen molar-refractivity contribution in [3.8, 4) is 0 Å². The van der Waals surface area contributed by atoms with Gasteiger partial charge in [0.25, 0.3) is 0 Å². The molecule has 0 aliphatic carbocycles. The van der Waals surface area contributed by atoms with E-state index in [0.717, 1.165) is 0 Å². The summed E-state index contributed by atoms with van der Waals surface area (Å²) in [6, 6.07) is 17.4. The fraction of sp³-hybridized carbons (Fsp3) is 0.273. The number of rotatable bonds is 8. The van der Waals surface area contributed by atoms with Crippen LogP contribution < -0.4 is 0 Å². The van der Waals surface area contributed by atoms with Gasteiger partial charge in [-0.2, -0.15) is 0 Å². The van der Waals surface area contributed by atoms with Gasteiger partial charge in [-0.25, -0.2) is 9.98 Å². The third-order valence-electron chi connectivity index (χ3n) is 4.69. The number of carbonyl (C=O) groups excluding carboxylic acids is 2. The van der Waals surface area contributed by atoms with Crippen molar-refractivity contribution < 1.29 is 19.1 Å². The third-order valence-corrected chi connectivity index (χ3v) is 5.79. The minimum Gasteiger partial charge on any atom is -0.478 e. The summed E-state index contributed by atoms with van der Waals surface area (Å²) in [6.07, 6.45) is 1.27. The van der Waals surface area contributed by atoms with E-state index in [-0.39, 0.29) is 11.6 Å². The number of nitrogens with zero attached hydrogens (tertiary/aromatic N) is 2. The summed E-state index contributed by atoms with van der Waals surface area (Å²) >= 11 is 0. The number of carbonyl (C=O) groups is 2. The number of hydrogen-bond donors (Lipinski definition) is 0. The molecule has 2 aromatic rings. The van der Waals surface area contributed by atoms with E-state index >= 15 is 0 Å². The van der Waals surface area contributed by atoms with Crippen LogP contribution in [0.1, 0.15) is 20.7 Å². The number of ether oxygens (including phenoxy) is 2. The quantitative estimate of drug-likeness (QED) is 0.497. The highest BCUT2D eigenvalue weighted by molar-refractivity contribution is 7.40. The molecule has 0 amide bonds. The molecule has 0 bridgehead atoms. The maximum absolute atomic E-state index is 12.4. The van der Waals surface area contributed by atoms with E-state index < -0.39 is 12.1 Å². The lowest BCUT2D eigenvalue weighted by Crippen LogP contribution is -2.19. The maximum Gasteiger partial charge on any atom is 0.190 e. The predicted octanol–water partition coefficient (Wildman–Crippen LogP) is 3.03. The molecule has 2 heterocycles. The molecule has 0 saturated heterocycles. The van der Waals surface area contributed by atoms with Crippen molar-refractivity contribution in [2.75, 3.05) is 25.5 Å². The lowest BCUT2D eigenvalue weighted by atomic mass is 10.1. The molecular weight excluding hydrogens is 387 g/mol. The standard InChI is InChI=1S/C22H21N2O4P/c25-21(15-7-3-1-4-8-15)17-11-27-19(23-17)13-29-14-20-24-18(12-28-20)22(26)16-9-5-2-6-10-16/h1-10,17-18,29H,11-14H2/t17-,18+. The Hall–Kier alpha value is -2.85. The Balaban J connectivity index is 1.26. The van der Waals surface area contributed by atoms with Gasteiger partial charge in [0.1, 0.15) is 13.2 Å². The van der Waals surface area contributed by atoms with Gasteiger partial charge in [0.2, 0.25) is 0 Å². The van der Waals surface area contributed by atoms with E-state index in [9.17, 15) is 9.59 Å². The normalized spacial score (nSPS) is 20.8. The van der Waals surface area contributed by atoms with Gasteiger partial charge in [-0.15, -0.1) is 8.58 Å². The van der Waals surface area contributed by atoms with Crippen molar-refractivity contribution in [3.05, 3.63) is 71.8 Å². The Morgan fingerprint density at radius 2 is 1.17 bits per heavy atom.